The van der Waals surface area contributed by atoms with Crippen LogP contribution in [0, 0.1) is 10.1 Å². The summed E-state index contributed by atoms with van der Waals surface area (Å²) in [7, 11) is 0. The topological polar surface area (TPSA) is 79.2 Å². The Morgan fingerprint density at radius 2 is 2.24 bits per heavy atom. The van der Waals surface area contributed by atoms with Crippen molar-refractivity contribution in [3.8, 4) is 0 Å². The molecule has 0 saturated carbocycles. The minimum absolute atomic E-state index is 0.0779. The number of aryl methyl sites for hydroxylation is 1. The molecule has 2 rings (SSSR count). The molecule has 0 amide bonds. The van der Waals surface area contributed by atoms with Crippen molar-refractivity contribution in [2.24, 2.45) is 0 Å². The number of rotatable bonds is 4. The molecule has 0 unspecified atom stereocenters. The van der Waals surface area contributed by atoms with E-state index in [2.05, 4.69) is 20.9 Å². The number of aliphatic hydroxyl groups excluding tert-OH is 1. The molecule has 0 spiro atoms. The number of nitrogens with zero attached hydrogens (tertiary/aromatic N) is 1. The fraction of sp³-hybridized carbons (Fsp3) is 0.273. The van der Waals surface area contributed by atoms with E-state index in [0.29, 0.717) is 18.2 Å². The van der Waals surface area contributed by atoms with Crippen molar-refractivity contribution in [1.29, 1.82) is 0 Å². The third-order valence-electron chi connectivity index (χ3n) is 2.65. The maximum atomic E-state index is 11.0. The van der Waals surface area contributed by atoms with Crippen molar-refractivity contribution in [3.05, 3.63) is 38.5 Å². The number of fused-ring (bicyclic) bond motifs is 1. The van der Waals surface area contributed by atoms with E-state index in [0.717, 1.165) is 15.6 Å². The smallest absolute Gasteiger partial charge is 0.279 e. The van der Waals surface area contributed by atoms with E-state index >= 15 is 0 Å². The van der Waals surface area contributed by atoms with Crippen molar-refractivity contribution in [1.82, 2.24) is 4.98 Å². The highest BCUT2D eigenvalue weighted by Gasteiger charge is 2.18. The summed E-state index contributed by atoms with van der Waals surface area (Å²) in [5, 5.41) is 20.4. The van der Waals surface area contributed by atoms with Gasteiger partial charge in [0.2, 0.25) is 0 Å². The molecule has 1 aromatic carbocycles. The Morgan fingerprint density at radius 1 is 1.47 bits per heavy atom. The first-order valence-corrected chi connectivity index (χ1v) is 5.98. The van der Waals surface area contributed by atoms with E-state index in [9.17, 15) is 10.1 Å². The van der Waals surface area contributed by atoms with E-state index in [1.54, 1.807) is 12.3 Å². The SMILES string of the molecule is O=[N+]([O-])c1ccc(Br)c2[nH]cc(CCCO)c12. The maximum Gasteiger partial charge on any atom is 0.279 e. The minimum Gasteiger partial charge on any atom is -0.396 e. The van der Waals surface area contributed by atoms with Gasteiger partial charge >= 0.3 is 0 Å². The minimum atomic E-state index is -0.384. The fourth-order valence-corrected chi connectivity index (χ4v) is 2.33. The third-order valence-corrected chi connectivity index (χ3v) is 3.31. The second-order valence-electron chi connectivity index (χ2n) is 3.71. The Hall–Kier alpha value is -1.40. The summed E-state index contributed by atoms with van der Waals surface area (Å²) in [5.41, 5.74) is 1.69. The fourth-order valence-electron chi connectivity index (χ4n) is 1.88. The van der Waals surface area contributed by atoms with Gasteiger partial charge in [0.1, 0.15) is 0 Å². The van der Waals surface area contributed by atoms with Crippen LogP contribution in [0.25, 0.3) is 10.9 Å². The number of aromatic nitrogens is 1. The number of nitro groups is 1. The van der Waals surface area contributed by atoms with Gasteiger partial charge in [-0.3, -0.25) is 10.1 Å². The lowest BCUT2D eigenvalue weighted by molar-refractivity contribution is -0.383. The molecule has 17 heavy (non-hydrogen) atoms. The Labute approximate surface area is 106 Å². The molecule has 5 nitrogen and oxygen atoms in total. The molecule has 2 N–H and O–H groups in total. The van der Waals surface area contributed by atoms with Crippen LogP contribution in [0.2, 0.25) is 0 Å². The van der Waals surface area contributed by atoms with Crippen LogP contribution < -0.4 is 0 Å². The molecule has 1 heterocycles. The maximum absolute atomic E-state index is 11.0. The molecular weight excluding hydrogens is 288 g/mol. The van der Waals surface area contributed by atoms with E-state index in [-0.39, 0.29) is 17.2 Å². The number of hydrogen-bond acceptors (Lipinski definition) is 3. The predicted molar refractivity (Wildman–Crippen MR) is 68.1 cm³/mol. The molecule has 6 heteroatoms. The van der Waals surface area contributed by atoms with Crippen LogP contribution in [0.5, 0.6) is 0 Å². The normalized spacial score (nSPS) is 10.9. The van der Waals surface area contributed by atoms with E-state index in [1.807, 2.05) is 0 Å². The van der Waals surface area contributed by atoms with Gasteiger partial charge in [-0.25, -0.2) is 0 Å². The molecule has 1 aromatic heterocycles. The number of H-pyrrole nitrogens is 1. The summed E-state index contributed by atoms with van der Waals surface area (Å²) < 4.78 is 0.799. The predicted octanol–water partition coefficient (Wildman–Crippen LogP) is 2.76. The number of nitro benzene ring substituents is 1. The van der Waals surface area contributed by atoms with Gasteiger partial charge in [-0.1, -0.05) is 0 Å². The first kappa shape index (κ1) is 12.1. The third kappa shape index (κ3) is 2.18. The molecule has 0 aliphatic carbocycles. The second kappa shape index (κ2) is 4.85. The summed E-state index contributed by atoms with van der Waals surface area (Å²) >= 11 is 3.36. The van der Waals surface area contributed by atoms with Crippen LogP contribution >= 0.6 is 15.9 Å². The zero-order valence-electron chi connectivity index (χ0n) is 8.94. The lowest BCUT2D eigenvalue weighted by Crippen LogP contribution is -1.92. The molecule has 0 radical (unpaired) electrons. The first-order chi connectivity index (χ1) is 8.15. The molecule has 0 aliphatic rings. The summed E-state index contributed by atoms with van der Waals surface area (Å²) in [6.45, 7) is 0.0779. The van der Waals surface area contributed by atoms with Crippen LogP contribution in [0.1, 0.15) is 12.0 Å². The number of nitrogens with one attached hydrogen (secondary N) is 1. The van der Waals surface area contributed by atoms with Crippen molar-refractivity contribution >= 4 is 32.5 Å². The number of benzene rings is 1. The van der Waals surface area contributed by atoms with Gasteiger partial charge < -0.3 is 10.1 Å². The summed E-state index contributed by atoms with van der Waals surface area (Å²) in [4.78, 5) is 13.6. The van der Waals surface area contributed by atoms with Crippen LogP contribution in [0.4, 0.5) is 5.69 Å². The van der Waals surface area contributed by atoms with Gasteiger partial charge in [0.25, 0.3) is 5.69 Å². The molecule has 90 valence electrons. The van der Waals surface area contributed by atoms with E-state index < -0.39 is 0 Å². The van der Waals surface area contributed by atoms with E-state index in [1.165, 1.54) is 6.07 Å². The second-order valence-corrected chi connectivity index (χ2v) is 4.57. The lowest BCUT2D eigenvalue weighted by atomic mass is 10.1. The molecule has 0 saturated heterocycles. The molecular formula is C11H11BrN2O3. The van der Waals surface area contributed by atoms with Gasteiger partial charge in [0.15, 0.2) is 0 Å². The lowest BCUT2D eigenvalue weighted by Gasteiger charge is -2.00. The summed E-state index contributed by atoms with van der Waals surface area (Å²) in [6, 6.07) is 3.15. The number of halogens is 1. The van der Waals surface area contributed by atoms with Crippen LogP contribution in [0.15, 0.2) is 22.8 Å². The van der Waals surface area contributed by atoms with Crippen LogP contribution in [-0.4, -0.2) is 21.6 Å². The Bertz CT molecular complexity index is 565. The number of hydrogen-bond donors (Lipinski definition) is 2. The Morgan fingerprint density at radius 3 is 2.88 bits per heavy atom. The molecule has 2 aromatic rings. The molecule has 0 bridgehead atoms. The zero-order chi connectivity index (χ0) is 12.4. The van der Waals surface area contributed by atoms with Crippen LogP contribution in [0.3, 0.4) is 0 Å². The summed E-state index contributed by atoms with van der Waals surface area (Å²) in [6.07, 6.45) is 2.97. The summed E-state index contributed by atoms with van der Waals surface area (Å²) in [5.74, 6) is 0. The van der Waals surface area contributed by atoms with Crippen molar-refractivity contribution in [2.45, 2.75) is 12.8 Å². The highest BCUT2D eigenvalue weighted by atomic mass is 79.9. The number of aliphatic hydroxyl groups is 1. The number of aromatic amines is 1. The van der Waals surface area contributed by atoms with Gasteiger partial charge in [0, 0.05) is 23.3 Å². The van der Waals surface area contributed by atoms with Gasteiger partial charge in [0.05, 0.1) is 15.8 Å². The average molecular weight is 299 g/mol. The Kier molecular flexibility index (Phi) is 3.44. The van der Waals surface area contributed by atoms with Gasteiger partial charge in [-0.15, -0.1) is 0 Å². The van der Waals surface area contributed by atoms with E-state index in [4.69, 9.17) is 5.11 Å². The quantitative estimate of drug-likeness (QED) is 0.673. The zero-order valence-corrected chi connectivity index (χ0v) is 10.5. The van der Waals surface area contributed by atoms with Crippen molar-refractivity contribution < 1.29 is 10.0 Å². The van der Waals surface area contributed by atoms with Crippen molar-refractivity contribution in [2.75, 3.05) is 6.61 Å². The van der Waals surface area contributed by atoms with Gasteiger partial charge in [-0.2, -0.15) is 0 Å². The first-order valence-electron chi connectivity index (χ1n) is 5.19. The molecule has 0 fully saturated rings. The van der Waals surface area contributed by atoms with Crippen LogP contribution in [-0.2, 0) is 6.42 Å². The average Bonchev–Trinajstić information content (AvgIpc) is 2.71. The van der Waals surface area contributed by atoms with Crippen molar-refractivity contribution in [3.63, 3.8) is 0 Å². The monoisotopic (exact) mass is 298 g/mol. The highest BCUT2D eigenvalue weighted by molar-refractivity contribution is 9.10. The standard InChI is InChI=1S/C11H11BrN2O3/c12-8-3-4-9(14(16)17)10-7(2-1-5-15)6-13-11(8)10/h3-4,6,13,15H,1-2,5H2. The molecule has 0 atom stereocenters. The number of non-ortho nitro benzene ring substituents is 1. The molecule has 0 aliphatic heterocycles. The largest absolute Gasteiger partial charge is 0.396 e. The Balaban J connectivity index is 2.62. The highest BCUT2D eigenvalue weighted by Crippen LogP contribution is 2.33. The van der Waals surface area contributed by atoms with Gasteiger partial charge in [-0.05, 0) is 40.4 Å².